The molecule has 0 aliphatic carbocycles. The SMILES string of the molecule is CCc1cccc2cc(OCOC)cc(-c3ncc4c(C5NCC6CCC5N6C(=O)O)nc(N5CCC(C(OC)OC)CC5)nc4c3F)c12. The number of pyridine rings is 1. The van der Waals surface area contributed by atoms with E-state index in [1.807, 2.05) is 24.3 Å². The number of carboxylic acid groups (broad SMARTS) is 1. The first-order valence-electron chi connectivity index (χ1n) is 17.0. The number of aryl methyl sites for hydroxylation is 1. The molecule has 3 saturated heterocycles. The first-order valence-corrected chi connectivity index (χ1v) is 17.0. The van der Waals surface area contributed by atoms with E-state index in [0.717, 1.165) is 42.0 Å². The normalized spacial score (nSPS) is 21.3. The lowest BCUT2D eigenvalue weighted by molar-refractivity contribution is -0.141. The summed E-state index contributed by atoms with van der Waals surface area (Å²) in [5, 5.41) is 15.9. The minimum Gasteiger partial charge on any atom is -0.468 e. The van der Waals surface area contributed by atoms with E-state index in [-0.39, 0.29) is 42.3 Å². The Bertz CT molecular complexity index is 1850. The summed E-state index contributed by atoms with van der Waals surface area (Å²) in [5.41, 5.74) is 2.51. The van der Waals surface area contributed by atoms with Crippen LogP contribution in [-0.2, 0) is 20.6 Å². The van der Waals surface area contributed by atoms with Crippen molar-refractivity contribution in [1.82, 2.24) is 25.2 Å². The van der Waals surface area contributed by atoms with E-state index in [2.05, 4.69) is 17.1 Å². The van der Waals surface area contributed by atoms with Gasteiger partial charge in [0.25, 0.3) is 0 Å². The monoisotopic (exact) mass is 674 g/mol. The van der Waals surface area contributed by atoms with Gasteiger partial charge in [-0.1, -0.05) is 25.1 Å². The summed E-state index contributed by atoms with van der Waals surface area (Å²) in [6.07, 6.45) is 4.13. The Morgan fingerprint density at radius 3 is 2.61 bits per heavy atom. The zero-order chi connectivity index (χ0) is 34.2. The van der Waals surface area contributed by atoms with E-state index >= 15 is 4.39 Å². The summed E-state index contributed by atoms with van der Waals surface area (Å²) in [6, 6.07) is 8.84. The summed E-state index contributed by atoms with van der Waals surface area (Å²) >= 11 is 0. The van der Waals surface area contributed by atoms with Crippen LogP contribution in [0.15, 0.2) is 36.5 Å². The fourth-order valence-electron chi connectivity index (χ4n) is 8.07. The molecule has 0 saturated carbocycles. The van der Waals surface area contributed by atoms with Crippen LogP contribution in [0.25, 0.3) is 32.9 Å². The predicted molar refractivity (Wildman–Crippen MR) is 182 cm³/mol. The minimum atomic E-state index is -0.953. The highest BCUT2D eigenvalue weighted by Gasteiger charge is 2.47. The molecule has 0 spiro atoms. The van der Waals surface area contributed by atoms with Crippen molar-refractivity contribution in [3.63, 3.8) is 0 Å². The van der Waals surface area contributed by atoms with Crippen molar-refractivity contribution < 1.29 is 33.2 Å². The van der Waals surface area contributed by atoms with Gasteiger partial charge in [0.05, 0.1) is 17.8 Å². The maximum atomic E-state index is 17.3. The standard InChI is InChI=1S/C36H43FN6O6/c1-5-20-7-6-8-22-15-24(49-19-46-2)16-25(28(20)22)30-29(37)31-26(18-39-30)32(33-27-10-9-23(17-38-33)43(27)36(44)45)41-35(40-31)42-13-11-21(12-14-42)34(47-3)48-4/h6-8,15-16,18,21,23,27,33-34,38H,5,9-14,17,19H2,1-4H3,(H,44,45). The van der Waals surface area contributed by atoms with E-state index in [9.17, 15) is 9.90 Å². The number of nitrogens with one attached hydrogen (secondary N) is 1. The zero-order valence-electron chi connectivity index (χ0n) is 28.3. The lowest BCUT2D eigenvalue weighted by Crippen LogP contribution is -2.55. The largest absolute Gasteiger partial charge is 0.468 e. The molecular formula is C36H43FN6O6. The van der Waals surface area contributed by atoms with Gasteiger partial charge in [0, 0.05) is 70.1 Å². The second-order valence-electron chi connectivity index (χ2n) is 13.0. The molecule has 3 aliphatic rings. The zero-order valence-corrected chi connectivity index (χ0v) is 28.3. The van der Waals surface area contributed by atoms with Crippen molar-refractivity contribution in [1.29, 1.82) is 0 Å². The first-order chi connectivity index (χ1) is 23.9. The van der Waals surface area contributed by atoms with Crippen LogP contribution >= 0.6 is 0 Å². The van der Waals surface area contributed by atoms with E-state index in [1.54, 1.807) is 33.6 Å². The van der Waals surface area contributed by atoms with Crippen LogP contribution < -0.4 is 15.0 Å². The summed E-state index contributed by atoms with van der Waals surface area (Å²) in [4.78, 5) is 30.7. The second-order valence-corrected chi connectivity index (χ2v) is 13.0. The number of halogens is 1. The predicted octanol–water partition coefficient (Wildman–Crippen LogP) is 5.52. The topological polar surface area (TPSA) is 131 Å². The number of rotatable bonds is 10. The molecule has 1 amide bonds. The van der Waals surface area contributed by atoms with Crippen molar-refractivity contribution in [3.05, 3.63) is 53.6 Å². The second kappa shape index (κ2) is 14.0. The number of aromatic nitrogens is 3. The molecule has 4 aromatic rings. The van der Waals surface area contributed by atoms with Gasteiger partial charge in [-0.3, -0.25) is 9.88 Å². The Morgan fingerprint density at radius 2 is 1.90 bits per heavy atom. The molecule has 12 nitrogen and oxygen atoms in total. The van der Waals surface area contributed by atoms with Gasteiger partial charge in [0.1, 0.15) is 17.0 Å². The maximum absolute atomic E-state index is 17.3. The van der Waals surface area contributed by atoms with Crippen molar-refractivity contribution in [2.24, 2.45) is 5.92 Å². The first kappa shape index (κ1) is 33.3. The van der Waals surface area contributed by atoms with Crippen LogP contribution in [0, 0.1) is 11.7 Å². The molecule has 3 unspecified atom stereocenters. The molecule has 2 aromatic carbocycles. The lowest BCUT2D eigenvalue weighted by atomic mass is 9.94. The van der Waals surface area contributed by atoms with E-state index in [1.165, 1.54) is 4.90 Å². The maximum Gasteiger partial charge on any atom is 0.407 e. The molecule has 2 aromatic heterocycles. The number of hydrogen-bond acceptors (Lipinski definition) is 10. The number of carbonyl (C=O) groups is 1. The number of ether oxygens (including phenoxy) is 4. The van der Waals surface area contributed by atoms with Crippen LogP contribution in [0.2, 0.25) is 0 Å². The molecule has 49 heavy (non-hydrogen) atoms. The summed E-state index contributed by atoms with van der Waals surface area (Å²) in [5.74, 6) is 0.574. The highest BCUT2D eigenvalue weighted by Crippen LogP contribution is 2.42. The molecular weight excluding hydrogens is 631 g/mol. The number of benzene rings is 2. The average molecular weight is 675 g/mol. The van der Waals surface area contributed by atoms with Crippen molar-refractivity contribution in [2.75, 3.05) is 52.7 Å². The van der Waals surface area contributed by atoms with E-state index < -0.39 is 18.0 Å². The molecule has 7 rings (SSSR count). The molecule has 2 bridgehead atoms. The summed E-state index contributed by atoms with van der Waals surface area (Å²) < 4.78 is 39.3. The van der Waals surface area contributed by atoms with Gasteiger partial charge < -0.3 is 34.3 Å². The van der Waals surface area contributed by atoms with Crippen LogP contribution in [0.5, 0.6) is 5.75 Å². The fourth-order valence-corrected chi connectivity index (χ4v) is 8.07. The van der Waals surface area contributed by atoms with Gasteiger partial charge in [0.15, 0.2) is 18.9 Å². The number of piperazine rings is 1. The Morgan fingerprint density at radius 1 is 1.10 bits per heavy atom. The molecule has 2 N–H and O–H groups in total. The summed E-state index contributed by atoms with van der Waals surface area (Å²) in [7, 11) is 4.84. The molecule has 13 heteroatoms. The number of fused-ring (bicyclic) bond motifs is 4. The van der Waals surface area contributed by atoms with E-state index in [0.29, 0.717) is 54.4 Å². The number of nitrogens with zero attached hydrogens (tertiary/aromatic N) is 5. The quantitative estimate of drug-likeness (QED) is 0.206. The Labute approximate surface area is 284 Å². The van der Waals surface area contributed by atoms with Gasteiger partial charge in [-0.05, 0) is 60.6 Å². The third-order valence-electron chi connectivity index (χ3n) is 10.4. The Balaban J connectivity index is 1.39. The number of amides is 1. The number of piperidine rings is 1. The number of hydrogen-bond donors (Lipinski definition) is 2. The molecule has 260 valence electrons. The van der Waals surface area contributed by atoms with Crippen LogP contribution in [0.4, 0.5) is 15.1 Å². The Kier molecular flexibility index (Phi) is 9.51. The minimum absolute atomic E-state index is 0.0436. The van der Waals surface area contributed by atoms with Gasteiger partial charge in [-0.15, -0.1) is 0 Å². The molecule has 3 fully saturated rings. The van der Waals surface area contributed by atoms with Gasteiger partial charge in [-0.2, -0.15) is 0 Å². The lowest BCUT2D eigenvalue weighted by Gasteiger charge is -2.39. The Hall–Kier alpha value is -4.17. The molecule has 0 radical (unpaired) electrons. The summed E-state index contributed by atoms with van der Waals surface area (Å²) in [6.45, 7) is 3.87. The highest BCUT2D eigenvalue weighted by atomic mass is 19.1. The average Bonchev–Trinajstić information content (AvgIpc) is 3.44. The fraction of sp³-hybridized carbons (Fsp3) is 0.500. The molecule has 3 aliphatic heterocycles. The molecule has 3 atom stereocenters. The van der Waals surface area contributed by atoms with Crippen molar-refractivity contribution >= 4 is 33.7 Å². The van der Waals surface area contributed by atoms with Crippen LogP contribution in [0.3, 0.4) is 0 Å². The number of methoxy groups -OCH3 is 3. The van der Waals surface area contributed by atoms with E-state index in [4.69, 9.17) is 33.9 Å². The van der Waals surface area contributed by atoms with Gasteiger partial charge in [0.2, 0.25) is 5.95 Å². The molecule has 5 heterocycles. The van der Waals surface area contributed by atoms with Gasteiger partial charge in [-0.25, -0.2) is 19.2 Å². The third-order valence-corrected chi connectivity index (χ3v) is 10.4. The van der Waals surface area contributed by atoms with Crippen molar-refractivity contribution in [2.45, 2.75) is 63.4 Å². The van der Waals surface area contributed by atoms with Crippen LogP contribution in [-0.4, -0.2) is 97.2 Å². The number of anilines is 1. The smallest absolute Gasteiger partial charge is 0.407 e. The third kappa shape index (κ3) is 6.02. The van der Waals surface area contributed by atoms with Crippen LogP contribution in [0.1, 0.15) is 49.9 Å². The van der Waals surface area contributed by atoms with Gasteiger partial charge >= 0.3 is 6.09 Å². The van der Waals surface area contributed by atoms with Crippen molar-refractivity contribution in [3.8, 4) is 17.0 Å². The highest BCUT2D eigenvalue weighted by molar-refractivity contribution is 6.01.